The molecule has 0 bridgehead atoms. The van der Waals surface area contributed by atoms with Crippen molar-refractivity contribution in [3.05, 3.63) is 65.2 Å². The first kappa shape index (κ1) is 20.2. The van der Waals surface area contributed by atoms with Crippen molar-refractivity contribution in [3.8, 4) is 0 Å². The van der Waals surface area contributed by atoms with Gasteiger partial charge in [0.2, 0.25) is 0 Å². The third kappa shape index (κ3) is 5.27. The van der Waals surface area contributed by atoms with Crippen LogP contribution in [0.15, 0.2) is 48.5 Å². The lowest BCUT2D eigenvalue weighted by Gasteiger charge is -2.40. The molecule has 2 aliphatic heterocycles. The number of nitrogens with one attached hydrogen (secondary N) is 1. The van der Waals surface area contributed by atoms with Crippen LogP contribution in [0.2, 0.25) is 0 Å². The molecule has 2 heterocycles. The average molecular weight is 392 g/mol. The van der Waals surface area contributed by atoms with Gasteiger partial charge in [0.15, 0.2) is 5.78 Å². The summed E-state index contributed by atoms with van der Waals surface area (Å²) in [7, 11) is 2.39. The minimum atomic E-state index is 0.311. The van der Waals surface area contributed by atoms with Gasteiger partial charge in [0, 0.05) is 29.8 Å². The number of ketones is 1. The Morgan fingerprint density at radius 1 is 1.07 bits per heavy atom. The number of Topliss-reactive ketones (excluding diaryl/α,β-unsaturated/α-hetero) is 1. The van der Waals surface area contributed by atoms with Gasteiger partial charge in [-0.15, -0.1) is 0 Å². The molecule has 3 nitrogen and oxygen atoms in total. The van der Waals surface area contributed by atoms with Crippen molar-refractivity contribution in [2.24, 2.45) is 5.92 Å². The zero-order valence-electron chi connectivity index (χ0n) is 17.8. The maximum Gasteiger partial charge on any atom is 0.162 e. The van der Waals surface area contributed by atoms with Crippen molar-refractivity contribution in [1.29, 1.82) is 0 Å². The van der Waals surface area contributed by atoms with E-state index in [1.807, 2.05) is 6.07 Å². The number of carbonyl (C=O) groups is 1. The summed E-state index contributed by atoms with van der Waals surface area (Å²) < 4.78 is 1.13. The van der Waals surface area contributed by atoms with Crippen LogP contribution in [-0.2, 0) is 13.0 Å². The molecule has 0 radical (unpaired) electrons. The molecule has 0 amide bonds. The first-order valence-electron chi connectivity index (χ1n) is 11.4. The molecule has 0 unspecified atom stereocenters. The Bertz CT molecular complexity index is 822. The smallest absolute Gasteiger partial charge is 0.162 e. The fourth-order valence-corrected chi connectivity index (χ4v) is 4.99. The summed E-state index contributed by atoms with van der Waals surface area (Å²) in [5.41, 5.74) is 4.86. The SMILES string of the molecule is C[N+]1(Cc2ccccc2)CCC(CCC(=O)c2ccc3c(c2)NCCCC3)CC1. The number of piperidine rings is 1. The van der Waals surface area contributed by atoms with Crippen molar-refractivity contribution in [2.45, 2.75) is 51.5 Å². The van der Waals surface area contributed by atoms with Gasteiger partial charge < -0.3 is 9.80 Å². The van der Waals surface area contributed by atoms with Gasteiger partial charge in [0.1, 0.15) is 6.54 Å². The van der Waals surface area contributed by atoms with E-state index in [4.69, 9.17) is 0 Å². The number of hydrogen-bond acceptors (Lipinski definition) is 2. The summed E-state index contributed by atoms with van der Waals surface area (Å²) in [6.07, 6.45) is 7.77. The monoisotopic (exact) mass is 391 g/mol. The van der Waals surface area contributed by atoms with E-state index in [9.17, 15) is 4.79 Å². The second-order valence-electron chi connectivity index (χ2n) is 9.37. The Hall–Kier alpha value is -2.13. The predicted molar refractivity (Wildman–Crippen MR) is 120 cm³/mol. The number of aryl methyl sites for hydroxylation is 1. The molecule has 3 heteroatoms. The van der Waals surface area contributed by atoms with Crippen LogP contribution in [0.1, 0.15) is 60.0 Å². The number of nitrogens with zero attached hydrogens (tertiary/aromatic N) is 1. The predicted octanol–water partition coefficient (Wildman–Crippen LogP) is 5.45. The highest BCUT2D eigenvalue weighted by Gasteiger charge is 2.30. The fraction of sp³-hybridized carbons (Fsp3) is 0.500. The topological polar surface area (TPSA) is 29.1 Å². The third-order valence-electron chi connectivity index (χ3n) is 6.96. The van der Waals surface area contributed by atoms with Crippen molar-refractivity contribution < 1.29 is 9.28 Å². The van der Waals surface area contributed by atoms with Crippen LogP contribution in [-0.4, -0.2) is 36.9 Å². The summed E-state index contributed by atoms with van der Waals surface area (Å²) >= 11 is 0. The maximum absolute atomic E-state index is 12.8. The highest BCUT2D eigenvalue weighted by atomic mass is 16.1. The first-order valence-corrected chi connectivity index (χ1v) is 11.4. The molecule has 0 spiro atoms. The van der Waals surface area contributed by atoms with E-state index >= 15 is 0 Å². The van der Waals surface area contributed by atoms with E-state index in [0.29, 0.717) is 18.1 Å². The summed E-state index contributed by atoms with van der Waals surface area (Å²) in [6, 6.07) is 17.1. The van der Waals surface area contributed by atoms with E-state index in [1.165, 1.54) is 55.6 Å². The largest absolute Gasteiger partial charge is 0.385 e. The molecular weight excluding hydrogens is 356 g/mol. The van der Waals surface area contributed by atoms with Gasteiger partial charge >= 0.3 is 0 Å². The van der Waals surface area contributed by atoms with Crippen LogP contribution < -0.4 is 5.32 Å². The van der Waals surface area contributed by atoms with Crippen LogP contribution in [0.4, 0.5) is 5.69 Å². The molecule has 1 fully saturated rings. The Balaban J connectivity index is 1.27. The number of rotatable bonds is 6. The van der Waals surface area contributed by atoms with E-state index in [-0.39, 0.29) is 0 Å². The van der Waals surface area contributed by atoms with Gasteiger partial charge in [-0.05, 0) is 56.1 Å². The standard InChI is InChI=1S/C26H35N2O/c1-28(20-22-7-3-2-4-8-22)17-14-21(15-18-28)10-13-26(29)24-12-11-23-9-5-6-16-27-25(23)19-24/h2-4,7-8,11-12,19,21,27H,5-6,9-10,13-18,20H2,1H3/q+1. The van der Waals surface area contributed by atoms with Crippen molar-refractivity contribution >= 4 is 11.5 Å². The van der Waals surface area contributed by atoms with Gasteiger partial charge in [-0.1, -0.05) is 42.5 Å². The zero-order chi connectivity index (χ0) is 20.1. The second kappa shape index (κ2) is 9.13. The van der Waals surface area contributed by atoms with Gasteiger partial charge in [0.05, 0.1) is 20.1 Å². The van der Waals surface area contributed by atoms with Crippen LogP contribution in [0.3, 0.4) is 0 Å². The number of likely N-dealkylation sites (tertiary alicyclic amines) is 1. The number of carbonyl (C=O) groups excluding carboxylic acids is 1. The summed E-state index contributed by atoms with van der Waals surface area (Å²) in [6.45, 7) is 4.58. The summed E-state index contributed by atoms with van der Waals surface area (Å²) in [4.78, 5) is 12.8. The minimum absolute atomic E-state index is 0.311. The Kier molecular flexibility index (Phi) is 6.34. The van der Waals surface area contributed by atoms with E-state index in [0.717, 1.165) is 36.0 Å². The molecule has 0 saturated carbocycles. The van der Waals surface area contributed by atoms with E-state index in [1.54, 1.807) is 0 Å². The average Bonchev–Trinajstić information content (AvgIpc) is 2.98. The lowest BCUT2D eigenvalue weighted by atomic mass is 9.89. The second-order valence-corrected chi connectivity index (χ2v) is 9.37. The van der Waals surface area contributed by atoms with Crippen molar-refractivity contribution in [2.75, 3.05) is 32.0 Å². The fourth-order valence-electron chi connectivity index (χ4n) is 4.99. The molecule has 4 rings (SSSR count). The molecule has 29 heavy (non-hydrogen) atoms. The summed E-state index contributed by atoms with van der Waals surface area (Å²) in [5, 5.41) is 3.50. The van der Waals surface area contributed by atoms with Crippen LogP contribution >= 0.6 is 0 Å². The zero-order valence-corrected chi connectivity index (χ0v) is 17.8. The van der Waals surface area contributed by atoms with Crippen LogP contribution in [0.25, 0.3) is 0 Å². The van der Waals surface area contributed by atoms with Crippen molar-refractivity contribution in [3.63, 3.8) is 0 Å². The van der Waals surface area contributed by atoms with Crippen LogP contribution in [0.5, 0.6) is 0 Å². The number of hydrogen-bond donors (Lipinski definition) is 1. The van der Waals surface area contributed by atoms with Gasteiger partial charge in [0.25, 0.3) is 0 Å². The molecule has 2 aliphatic rings. The van der Waals surface area contributed by atoms with Gasteiger partial charge in [-0.25, -0.2) is 0 Å². The lowest BCUT2D eigenvalue weighted by Crippen LogP contribution is -2.49. The molecule has 2 aromatic carbocycles. The number of anilines is 1. The van der Waals surface area contributed by atoms with Crippen molar-refractivity contribution in [1.82, 2.24) is 0 Å². The number of quaternary nitrogens is 1. The minimum Gasteiger partial charge on any atom is -0.385 e. The number of fused-ring (bicyclic) bond motifs is 1. The molecular formula is C26H35N2O+. The molecule has 2 aromatic rings. The van der Waals surface area contributed by atoms with E-state index in [2.05, 4.69) is 54.8 Å². The first-order chi connectivity index (χ1) is 14.1. The van der Waals surface area contributed by atoms with E-state index < -0.39 is 0 Å². The molecule has 0 atom stereocenters. The summed E-state index contributed by atoms with van der Waals surface area (Å²) in [5.74, 6) is 1.01. The Morgan fingerprint density at radius 3 is 2.66 bits per heavy atom. The van der Waals surface area contributed by atoms with Crippen LogP contribution in [0, 0.1) is 5.92 Å². The highest BCUT2D eigenvalue weighted by molar-refractivity contribution is 5.97. The Labute approximate surface area is 175 Å². The molecule has 1 N–H and O–H groups in total. The quantitative estimate of drug-likeness (QED) is 0.524. The molecule has 1 saturated heterocycles. The normalized spacial score (nSPS) is 24.2. The molecule has 0 aromatic heterocycles. The number of benzene rings is 2. The van der Waals surface area contributed by atoms with Gasteiger partial charge in [-0.2, -0.15) is 0 Å². The Morgan fingerprint density at radius 2 is 1.86 bits per heavy atom. The van der Waals surface area contributed by atoms with Gasteiger partial charge in [-0.3, -0.25) is 4.79 Å². The third-order valence-corrected chi connectivity index (χ3v) is 6.96. The molecule has 0 aliphatic carbocycles. The lowest BCUT2D eigenvalue weighted by molar-refractivity contribution is -0.928. The maximum atomic E-state index is 12.8. The highest BCUT2D eigenvalue weighted by Crippen LogP contribution is 2.29. The molecule has 154 valence electrons.